The lowest BCUT2D eigenvalue weighted by atomic mass is 10.1. The molecule has 0 atom stereocenters. The van der Waals surface area contributed by atoms with E-state index in [0.29, 0.717) is 17.3 Å². The topological polar surface area (TPSA) is 92.0 Å². The maximum Gasteiger partial charge on any atom is 0.159 e. The number of fused-ring (bicyclic) bond motifs is 1. The first-order valence-electron chi connectivity index (χ1n) is 9.91. The number of nitrogen functional groups attached to an aromatic ring is 1. The molecule has 0 spiro atoms. The zero-order chi connectivity index (χ0) is 19.3. The first-order chi connectivity index (χ1) is 13.7. The number of benzene rings is 1. The third kappa shape index (κ3) is 4.14. The summed E-state index contributed by atoms with van der Waals surface area (Å²) in [6.07, 6.45) is 5.47. The molecule has 0 amide bonds. The molecule has 0 saturated carbocycles. The van der Waals surface area contributed by atoms with E-state index in [9.17, 15) is 0 Å². The van der Waals surface area contributed by atoms with E-state index >= 15 is 0 Å². The van der Waals surface area contributed by atoms with Crippen LogP contribution in [-0.2, 0) is 0 Å². The Morgan fingerprint density at radius 2 is 1.86 bits per heavy atom. The van der Waals surface area contributed by atoms with Crippen LogP contribution in [0.25, 0.3) is 10.9 Å². The molecule has 28 heavy (non-hydrogen) atoms. The number of nitrogens with zero attached hydrogens (tertiary/aromatic N) is 4. The zero-order valence-corrected chi connectivity index (χ0v) is 16.3. The molecular formula is C21H27N7. The van der Waals surface area contributed by atoms with E-state index in [-0.39, 0.29) is 0 Å². The van der Waals surface area contributed by atoms with E-state index in [2.05, 4.69) is 36.6 Å². The molecule has 146 valence electrons. The number of likely N-dealkylation sites (tertiary alicyclic amines) is 1. The number of piperidine rings is 1. The fourth-order valence-electron chi connectivity index (χ4n) is 3.64. The van der Waals surface area contributed by atoms with Crippen molar-refractivity contribution in [1.82, 2.24) is 19.9 Å². The average molecular weight is 377 g/mol. The number of pyridine rings is 1. The Kier molecular flexibility index (Phi) is 5.53. The highest BCUT2D eigenvalue weighted by molar-refractivity contribution is 5.94. The fraction of sp³-hybridized carbons (Fsp3) is 0.381. The van der Waals surface area contributed by atoms with Gasteiger partial charge in [0.05, 0.1) is 5.52 Å². The second-order valence-electron chi connectivity index (χ2n) is 7.26. The van der Waals surface area contributed by atoms with Gasteiger partial charge in [-0.15, -0.1) is 0 Å². The molecule has 0 unspecified atom stereocenters. The normalized spacial score (nSPS) is 14.9. The highest BCUT2D eigenvalue weighted by Gasteiger charge is 2.12. The van der Waals surface area contributed by atoms with Crippen molar-refractivity contribution in [2.75, 3.05) is 42.5 Å². The second-order valence-corrected chi connectivity index (χ2v) is 7.26. The van der Waals surface area contributed by atoms with Gasteiger partial charge in [-0.2, -0.15) is 0 Å². The maximum absolute atomic E-state index is 6.34. The van der Waals surface area contributed by atoms with Gasteiger partial charge < -0.3 is 21.3 Å². The van der Waals surface area contributed by atoms with Crippen molar-refractivity contribution < 1.29 is 0 Å². The molecule has 4 rings (SSSR count). The summed E-state index contributed by atoms with van der Waals surface area (Å²) in [6, 6.07) is 10.1. The van der Waals surface area contributed by atoms with Gasteiger partial charge in [0.1, 0.15) is 12.0 Å². The summed E-state index contributed by atoms with van der Waals surface area (Å²) in [4.78, 5) is 15.7. The van der Waals surface area contributed by atoms with Crippen molar-refractivity contribution in [1.29, 1.82) is 0 Å². The Hall–Kier alpha value is -2.93. The van der Waals surface area contributed by atoms with Gasteiger partial charge >= 0.3 is 0 Å². The molecular weight excluding hydrogens is 350 g/mol. The van der Waals surface area contributed by atoms with Crippen molar-refractivity contribution >= 4 is 33.9 Å². The van der Waals surface area contributed by atoms with Crippen LogP contribution in [0.15, 0.2) is 36.7 Å². The van der Waals surface area contributed by atoms with Crippen molar-refractivity contribution in [2.24, 2.45) is 0 Å². The Morgan fingerprint density at radius 1 is 1.04 bits per heavy atom. The highest BCUT2D eigenvalue weighted by atomic mass is 15.2. The fourth-order valence-corrected chi connectivity index (χ4v) is 3.64. The first kappa shape index (κ1) is 18.4. The molecule has 0 bridgehead atoms. The lowest BCUT2D eigenvalue weighted by Crippen LogP contribution is -2.33. The highest BCUT2D eigenvalue weighted by Crippen LogP contribution is 2.29. The Balaban J connectivity index is 1.48. The SMILES string of the molecule is Cc1ccc2c(Nc3ncnc(NCCN4CCCCC4)c3N)cccc2n1. The van der Waals surface area contributed by atoms with Crippen LogP contribution >= 0.6 is 0 Å². The van der Waals surface area contributed by atoms with Gasteiger partial charge in [-0.25, -0.2) is 9.97 Å². The lowest BCUT2D eigenvalue weighted by molar-refractivity contribution is 0.237. The molecule has 1 saturated heterocycles. The molecule has 1 fully saturated rings. The van der Waals surface area contributed by atoms with Crippen LogP contribution < -0.4 is 16.4 Å². The van der Waals surface area contributed by atoms with E-state index in [1.165, 1.54) is 38.7 Å². The number of aromatic nitrogens is 3. The van der Waals surface area contributed by atoms with E-state index in [1.54, 1.807) is 0 Å². The summed E-state index contributed by atoms with van der Waals surface area (Å²) in [5.74, 6) is 1.27. The Bertz CT molecular complexity index is 951. The van der Waals surface area contributed by atoms with Crippen molar-refractivity contribution in [3.05, 3.63) is 42.4 Å². The zero-order valence-electron chi connectivity index (χ0n) is 16.3. The van der Waals surface area contributed by atoms with E-state index in [1.807, 2.05) is 31.2 Å². The summed E-state index contributed by atoms with van der Waals surface area (Å²) in [5, 5.41) is 7.74. The first-order valence-corrected chi connectivity index (χ1v) is 9.91. The molecule has 1 aromatic carbocycles. The third-order valence-corrected chi connectivity index (χ3v) is 5.18. The number of nitrogens with one attached hydrogen (secondary N) is 2. The molecule has 3 heterocycles. The maximum atomic E-state index is 6.34. The monoisotopic (exact) mass is 377 g/mol. The van der Waals surface area contributed by atoms with Crippen LogP contribution in [0.3, 0.4) is 0 Å². The number of hydrogen-bond acceptors (Lipinski definition) is 7. The van der Waals surface area contributed by atoms with Crippen LogP contribution in [-0.4, -0.2) is 46.0 Å². The average Bonchev–Trinajstić information content (AvgIpc) is 2.71. The van der Waals surface area contributed by atoms with Gasteiger partial charge in [0.25, 0.3) is 0 Å². The largest absolute Gasteiger partial charge is 0.393 e. The smallest absolute Gasteiger partial charge is 0.159 e. The van der Waals surface area contributed by atoms with Crippen LogP contribution in [0.2, 0.25) is 0 Å². The summed E-state index contributed by atoms with van der Waals surface area (Å²) in [6.45, 7) is 6.17. The van der Waals surface area contributed by atoms with Gasteiger partial charge in [0.2, 0.25) is 0 Å². The van der Waals surface area contributed by atoms with Gasteiger partial charge in [-0.3, -0.25) is 4.98 Å². The molecule has 7 nitrogen and oxygen atoms in total. The summed E-state index contributed by atoms with van der Waals surface area (Å²) in [7, 11) is 0. The molecule has 4 N–H and O–H groups in total. The van der Waals surface area contributed by atoms with Crippen LogP contribution in [0.5, 0.6) is 0 Å². The predicted molar refractivity (Wildman–Crippen MR) is 115 cm³/mol. The summed E-state index contributed by atoms with van der Waals surface area (Å²) < 4.78 is 0. The quantitative estimate of drug-likeness (QED) is 0.605. The minimum atomic E-state index is 0.526. The van der Waals surface area contributed by atoms with Gasteiger partial charge in [-0.1, -0.05) is 12.5 Å². The van der Waals surface area contributed by atoms with Gasteiger partial charge in [-0.05, 0) is 57.1 Å². The molecule has 7 heteroatoms. The number of hydrogen-bond donors (Lipinski definition) is 3. The minimum absolute atomic E-state index is 0.526. The molecule has 0 aliphatic carbocycles. The summed E-state index contributed by atoms with van der Waals surface area (Å²) >= 11 is 0. The minimum Gasteiger partial charge on any atom is -0.393 e. The van der Waals surface area contributed by atoms with Crippen molar-refractivity contribution in [3.63, 3.8) is 0 Å². The Labute approximate surface area is 165 Å². The van der Waals surface area contributed by atoms with Crippen LogP contribution in [0.1, 0.15) is 25.0 Å². The molecule has 0 radical (unpaired) electrons. The standard InChI is InChI=1S/C21H27N7/c1-15-8-9-16-17(26-15)6-5-7-18(16)27-21-19(22)20(24-14-25-21)23-10-13-28-11-3-2-4-12-28/h5-9,14H,2-4,10-13,22H2,1H3,(H2,23,24,25,27). The lowest BCUT2D eigenvalue weighted by Gasteiger charge is -2.26. The summed E-state index contributed by atoms with van der Waals surface area (Å²) in [5.41, 5.74) is 9.73. The van der Waals surface area contributed by atoms with Crippen LogP contribution in [0.4, 0.5) is 23.0 Å². The molecule has 2 aromatic heterocycles. The molecule has 3 aromatic rings. The van der Waals surface area contributed by atoms with Crippen LogP contribution in [0, 0.1) is 6.92 Å². The third-order valence-electron chi connectivity index (χ3n) is 5.18. The second kappa shape index (κ2) is 8.39. The Morgan fingerprint density at radius 3 is 2.71 bits per heavy atom. The van der Waals surface area contributed by atoms with Gasteiger partial charge in [0, 0.05) is 29.9 Å². The molecule has 1 aliphatic heterocycles. The number of nitrogens with two attached hydrogens (primary N) is 1. The van der Waals surface area contributed by atoms with E-state index < -0.39 is 0 Å². The van der Waals surface area contributed by atoms with E-state index in [4.69, 9.17) is 5.73 Å². The number of rotatable bonds is 6. The number of aryl methyl sites for hydroxylation is 1. The van der Waals surface area contributed by atoms with E-state index in [0.717, 1.165) is 35.4 Å². The van der Waals surface area contributed by atoms with Crippen molar-refractivity contribution in [3.8, 4) is 0 Å². The number of anilines is 4. The predicted octanol–water partition coefficient (Wildman–Crippen LogP) is 3.56. The van der Waals surface area contributed by atoms with Gasteiger partial charge in [0.15, 0.2) is 11.6 Å². The van der Waals surface area contributed by atoms with Crippen molar-refractivity contribution in [2.45, 2.75) is 26.2 Å². The molecule has 1 aliphatic rings.